The van der Waals surface area contributed by atoms with Gasteiger partial charge in [0.15, 0.2) is 0 Å². The fourth-order valence-corrected chi connectivity index (χ4v) is 2.18. The summed E-state index contributed by atoms with van der Waals surface area (Å²) < 4.78 is 5.17. The average molecular weight is 208 g/mol. The molecule has 1 aromatic rings. The highest BCUT2D eigenvalue weighted by Gasteiger charge is 2.42. The van der Waals surface area contributed by atoms with E-state index in [1.165, 1.54) is 25.0 Å². The van der Waals surface area contributed by atoms with E-state index in [1.54, 1.807) is 0 Å². The second kappa shape index (κ2) is 3.32. The van der Waals surface area contributed by atoms with E-state index in [0.29, 0.717) is 19.1 Å². The van der Waals surface area contributed by atoms with Gasteiger partial charge >= 0.3 is 0 Å². The van der Waals surface area contributed by atoms with E-state index in [1.807, 2.05) is 6.20 Å². The molecular formula is C11H16N2O2. The van der Waals surface area contributed by atoms with E-state index in [0.717, 1.165) is 5.82 Å². The van der Waals surface area contributed by atoms with Crippen molar-refractivity contribution in [3.05, 3.63) is 17.7 Å². The summed E-state index contributed by atoms with van der Waals surface area (Å²) in [5.74, 6) is 1.57. The van der Waals surface area contributed by atoms with Crippen LogP contribution in [-0.4, -0.2) is 34.9 Å². The first kappa shape index (κ1) is 9.36. The number of aliphatic hydroxyl groups is 1. The number of H-pyrrole nitrogens is 1. The number of aliphatic hydroxyl groups excluding tert-OH is 1. The molecule has 2 N–H and O–H groups in total. The number of nitrogens with zero attached hydrogens (tertiary/aromatic N) is 1. The summed E-state index contributed by atoms with van der Waals surface area (Å²) in [5.41, 5.74) is 0.984. The molecule has 2 aliphatic rings. The van der Waals surface area contributed by atoms with Gasteiger partial charge in [-0.05, 0) is 12.8 Å². The van der Waals surface area contributed by atoms with Crippen LogP contribution < -0.4 is 0 Å². The van der Waals surface area contributed by atoms with Crippen LogP contribution >= 0.6 is 0 Å². The minimum Gasteiger partial charge on any atom is -0.395 e. The summed E-state index contributed by atoms with van der Waals surface area (Å²) in [4.78, 5) is 7.75. The molecule has 1 aliphatic carbocycles. The molecule has 82 valence electrons. The topological polar surface area (TPSA) is 58.1 Å². The molecule has 4 heteroatoms. The molecule has 2 heterocycles. The number of hydrogen-bond acceptors (Lipinski definition) is 3. The summed E-state index contributed by atoms with van der Waals surface area (Å²) in [5, 5.41) is 9.37. The van der Waals surface area contributed by atoms with Crippen molar-refractivity contribution in [3.63, 3.8) is 0 Å². The Balaban J connectivity index is 1.82. The number of aromatic nitrogens is 2. The molecule has 0 atom stereocenters. The molecule has 15 heavy (non-hydrogen) atoms. The van der Waals surface area contributed by atoms with Crippen LogP contribution in [0, 0.1) is 0 Å². The van der Waals surface area contributed by atoms with Crippen LogP contribution in [0.2, 0.25) is 0 Å². The highest BCUT2D eigenvalue weighted by Crippen LogP contribution is 2.37. The van der Waals surface area contributed by atoms with Gasteiger partial charge in [0.1, 0.15) is 5.82 Å². The van der Waals surface area contributed by atoms with Crippen molar-refractivity contribution in [1.29, 1.82) is 0 Å². The van der Waals surface area contributed by atoms with Gasteiger partial charge in [-0.3, -0.25) is 0 Å². The Morgan fingerprint density at radius 2 is 2.33 bits per heavy atom. The van der Waals surface area contributed by atoms with E-state index < -0.39 is 0 Å². The monoisotopic (exact) mass is 208 g/mol. The van der Waals surface area contributed by atoms with Gasteiger partial charge in [-0.1, -0.05) is 6.42 Å². The zero-order valence-corrected chi connectivity index (χ0v) is 8.70. The smallest absolute Gasteiger partial charge is 0.119 e. The molecule has 2 fully saturated rings. The first-order valence-electron chi connectivity index (χ1n) is 5.58. The third kappa shape index (κ3) is 1.32. The predicted molar refractivity (Wildman–Crippen MR) is 54.8 cm³/mol. The van der Waals surface area contributed by atoms with Crippen molar-refractivity contribution >= 4 is 0 Å². The van der Waals surface area contributed by atoms with Crippen molar-refractivity contribution in [2.45, 2.75) is 30.6 Å². The maximum Gasteiger partial charge on any atom is 0.119 e. The Hall–Kier alpha value is -0.870. The van der Waals surface area contributed by atoms with Gasteiger partial charge in [0.2, 0.25) is 0 Å². The highest BCUT2D eigenvalue weighted by atomic mass is 16.5. The van der Waals surface area contributed by atoms with Gasteiger partial charge in [0.05, 0.1) is 25.2 Å². The number of hydrogen-bond donors (Lipinski definition) is 2. The van der Waals surface area contributed by atoms with Crippen molar-refractivity contribution in [2.75, 3.05) is 19.8 Å². The quantitative estimate of drug-likeness (QED) is 0.777. The first-order chi connectivity index (χ1) is 7.34. The molecule has 0 unspecified atom stereocenters. The third-order valence-corrected chi connectivity index (χ3v) is 3.70. The third-order valence-electron chi connectivity index (χ3n) is 3.70. The largest absolute Gasteiger partial charge is 0.395 e. The van der Waals surface area contributed by atoms with Gasteiger partial charge < -0.3 is 14.8 Å². The van der Waals surface area contributed by atoms with Gasteiger partial charge in [0.25, 0.3) is 0 Å². The summed E-state index contributed by atoms with van der Waals surface area (Å²) in [7, 11) is 0. The number of imidazole rings is 1. The molecule has 1 aliphatic heterocycles. The standard InChI is InChI=1S/C11H16N2O2/c14-5-11(6-15-7-11)10-12-4-9(13-10)8-2-1-3-8/h4,8,14H,1-3,5-7H2,(H,12,13). The van der Waals surface area contributed by atoms with Crippen LogP contribution in [0.1, 0.15) is 36.7 Å². The molecule has 0 radical (unpaired) electrons. The molecule has 1 aromatic heterocycles. The maximum atomic E-state index is 9.37. The maximum absolute atomic E-state index is 9.37. The van der Waals surface area contributed by atoms with E-state index in [2.05, 4.69) is 9.97 Å². The lowest BCUT2D eigenvalue weighted by Crippen LogP contribution is -2.50. The van der Waals surface area contributed by atoms with Crippen LogP contribution in [-0.2, 0) is 10.2 Å². The molecule has 1 saturated heterocycles. The van der Waals surface area contributed by atoms with E-state index in [-0.39, 0.29) is 12.0 Å². The summed E-state index contributed by atoms with van der Waals surface area (Å²) in [6, 6.07) is 0. The molecule has 3 rings (SSSR count). The average Bonchev–Trinajstić information content (AvgIpc) is 2.50. The van der Waals surface area contributed by atoms with Crippen molar-refractivity contribution in [3.8, 4) is 0 Å². The van der Waals surface area contributed by atoms with Gasteiger partial charge in [-0.15, -0.1) is 0 Å². The fourth-order valence-electron chi connectivity index (χ4n) is 2.18. The van der Waals surface area contributed by atoms with Crippen LogP contribution in [0.25, 0.3) is 0 Å². The number of aromatic amines is 1. The normalized spacial score (nSPS) is 24.6. The molecule has 0 bridgehead atoms. The molecular weight excluding hydrogens is 192 g/mol. The van der Waals surface area contributed by atoms with E-state index >= 15 is 0 Å². The summed E-state index contributed by atoms with van der Waals surface area (Å²) >= 11 is 0. The number of ether oxygens (including phenoxy) is 1. The second-order valence-corrected chi connectivity index (χ2v) is 4.75. The van der Waals surface area contributed by atoms with E-state index in [4.69, 9.17) is 4.74 Å². The number of rotatable bonds is 3. The Bertz CT molecular complexity index is 348. The minimum atomic E-state index is -0.248. The molecule has 0 spiro atoms. The lowest BCUT2D eigenvalue weighted by molar-refractivity contribution is -0.0881. The lowest BCUT2D eigenvalue weighted by atomic mass is 9.83. The SMILES string of the molecule is OCC1(c2ncc(C3CCC3)[nH]2)COC1. The molecule has 4 nitrogen and oxygen atoms in total. The summed E-state index contributed by atoms with van der Waals surface area (Å²) in [6.45, 7) is 1.28. The van der Waals surface area contributed by atoms with Crippen LogP contribution in [0.3, 0.4) is 0 Å². The Morgan fingerprint density at radius 1 is 1.53 bits per heavy atom. The first-order valence-corrected chi connectivity index (χ1v) is 5.58. The van der Waals surface area contributed by atoms with Gasteiger partial charge in [-0.2, -0.15) is 0 Å². The highest BCUT2D eigenvalue weighted by molar-refractivity contribution is 5.19. The number of nitrogens with one attached hydrogen (secondary N) is 1. The second-order valence-electron chi connectivity index (χ2n) is 4.75. The van der Waals surface area contributed by atoms with Crippen LogP contribution in [0.5, 0.6) is 0 Å². The summed E-state index contributed by atoms with van der Waals surface area (Å²) in [6.07, 6.45) is 5.79. The minimum absolute atomic E-state index is 0.116. The predicted octanol–water partition coefficient (Wildman–Crippen LogP) is 0.937. The van der Waals surface area contributed by atoms with E-state index in [9.17, 15) is 5.11 Å². The lowest BCUT2D eigenvalue weighted by Gasteiger charge is -2.38. The zero-order valence-electron chi connectivity index (χ0n) is 8.70. The molecule has 0 amide bonds. The van der Waals surface area contributed by atoms with Crippen molar-refractivity contribution in [1.82, 2.24) is 9.97 Å². The zero-order chi connectivity index (χ0) is 10.3. The molecule has 1 saturated carbocycles. The van der Waals surface area contributed by atoms with Gasteiger partial charge in [0, 0.05) is 17.8 Å². The Kier molecular flexibility index (Phi) is 2.07. The van der Waals surface area contributed by atoms with Crippen molar-refractivity contribution < 1.29 is 9.84 Å². The molecule has 0 aromatic carbocycles. The fraction of sp³-hybridized carbons (Fsp3) is 0.727. The van der Waals surface area contributed by atoms with Gasteiger partial charge in [-0.25, -0.2) is 4.98 Å². The Morgan fingerprint density at radius 3 is 2.80 bits per heavy atom. The van der Waals surface area contributed by atoms with Crippen molar-refractivity contribution in [2.24, 2.45) is 0 Å². The van der Waals surface area contributed by atoms with Crippen LogP contribution in [0.15, 0.2) is 6.20 Å². The van der Waals surface area contributed by atoms with Crippen LogP contribution in [0.4, 0.5) is 0 Å². The Labute approximate surface area is 88.7 Å².